The van der Waals surface area contributed by atoms with Crippen LogP contribution in [0.1, 0.15) is 40.0 Å². The van der Waals surface area contributed by atoms with Gasteiger partial charge in [0.15, 0.2) is 0 Å². The molecule has 0 aliphatic carbocycles. The summed E-state index contributed by atoms with van der Waals surface area (Å²) in [7, 11) is 0. The molecule has 2 saturated heterocycles. The van der Waals surface area contributed by atoms with E-state index in [1.165, 1.54) is 6.42 Å². The van der Waals surface area contributed by atoms with E-state index < -0.39 is 5.91 Å². The van der Waals surface area contributed by atoms with Crippen molar-refractivity contribution in [2.75, 3.05) is 0 Å². The summed E-state index contributed by atoms with van der Waals surface area (Å²) in [4.78, 5) is 24.0. The Labute approximate surface area is 134 Å². The van der Waals surface area contributed by atoms with Crippen LogP contribution < -0.4 is 16.4 Å². The maximum absolute atomic E-state index is 12.5. The minimum atomic E-state index is -0.458. The molecule has 2 amide bonds. The van der Waals surface area contributed by atoms with Gasteiger partial charge >= 0.3 is 0 Å². The van der Waals surface area contributed by atoms with Crippen LogP contribution in [0.15, 0.2) is 36.4 Å². The van der Waals surface area contributed by atoms with E-state index in [0.717, 1.165) is 23.6 Å². The molecular formula is C18H19N3O2. The van der Waals surface area contributed by atoms with Gasteiger partial charge in [-0.2, -0.15) is 0 Å². The molecule has 23 heavy (non-hydrogen) atoms. The molecule has 0 spiro atoms. The number of carbonyl (C=O) groups is 2. The van der Waals surface area contributed by atoms with Gasteiger partial charge < -0.3 is 16.4 Å². The Bertz CT molecular complexity index is 802. The fourth-order valence-electron chi connectivity index (χ4n) is 3.88. The monoisotopic (exact) mass is 309 g/mol. The molecule has 0 saturated carbocycles. The third kappa shape index (κ3) is 2.47. The molecule has 5 nitrogen and oxygen atoms in total. The van der Waals surface area contributed by atoms with Crippen molar-refractivity contribution < 1.29 is 9.59 Å². The van der Waals surface area contributed by atoms with E-state index in [1.807, 2.05) is 12.1 Å². The molecule has 2 aliphatic rings. The lowest BCUT2D eigenvalue weighted by Gasteiger charge is -2.21. The summed E-state index contributed by atoms with van der Waals surface area (Å²) >= 11 is 0. The number of nitrogens with two attached hydrogens (primary N) is 1. The highest BCUT2D eigenvalue weighted by Crippen LogP contribution is 2.28. The van der Waals surface area contributed by atoms with Crippen molar-refractivity contribution in [3.63, 3.8) is 0 Å². The quantitative estimate of drug-likeness (QED) is 0.804. The van der Waals surface area contributed by atoms with E-state index in [4.69, 9.17) is 5.73 Å². The Kier molecular flexibility index (Phi) is 3.31. The van der Waals surface area contributed by atoms with Gasteiger partial charge in [0.1, 0.15) is 0 Å². The van der Waals surface area contributed by atoms with Crippen LogP contribution >= 0.6 is 0 Å². The minimum Gasteiger partial charge on any atom is -0.366 e. The summed E-state index contributed by atoms with van der Waals surface area (Å²) in [5.41, 5.74) is 6.49. The molecule has 118 valence electrons. The van der Waals surface area contributed by atoms with Crippen LogP contribution in [0.4, 0.5) is 0 Å². The first-order valence-corrected chi connectivity index (χ1v) is 8.01. The molecule has 4 rings (SSSR count). The number of rotatable bonds is 3. The molecule has 5 heteroatoms. The van der Waals surface area contributed by atoms with Crippen LogP contribution in [0.3, 0.4) is 0 Å². The van der Waals surface area contributed by atoms with Gasteiger partial charge in [0.05, 0.1) is 0 Å². The van der Waals surface area contributed by atoms with E-state index in [1.54, 1.807) is 24.3 Å². The van der Waals surface area contributed by atoms with Crippen LogP contribution in [0.5, 0.6) is 0 Å². The van der Waals surface area contributed by atoms with E-state index in [0.29, 0.717) is 23.2 Å². The highest BCUT2D eigenvalue weighted by molar-refractivity contribution is 6.08. The molecule has 2 heterocycles. The van der Waals surface area contributed by atoms with Crippen LogP contribution in [0.25, 0.3) is 10.8 Å². The standard InChI is InChI=1S/C18H19N3O2/c19-17(22)14-3-1-2-10-8-11(4-6-13(10)14)18(23)21-16-9-12-5-7-15(16)20-12/h1-4,6,8,12,15-16,20H,5,7,9H2,(H2,19,22)(H,21,23). The number of amides is 2. The molecule has 2 aromatic rings. The molecule has 3 atom stereocenters. The number of hydrogen-bond acceptors (Lipinski definition) is 3. The summed E-state index contributed by atoms with van der Waals surface area (Å²) in [6.07, 6.45) is 3.36. The van der Waals surface area contributed by atoms with E-state index in [9.17, 15) is 9.59 Å². The molecule has 2 aromatic carbocycles. The summed E-state index contributed by atoms with van der Waals surface area (Å²) < 4.78 is 0. The van der Waals surface area contributed by atoms with Crippen molar-refractivity contribution >= 4 is 22.6 Å². The van der Waals surface area contributed by atoms with Gasteiger partial charge in [0, 0.05) is 29.3 Å². The second-order valence-corrected chi connectivity index (χ2v) is 6.47. The molecule has 2 fully saturated rings. The lowest BCUT2D eigenvalue weighted by Crippen LogP contribution is -2.42. The molecular weight excluding hydrogens is 290 g/mol. The Morgan fingerprint density at radius 2 is 2.04 bits per heavy atom. The average molecular weight is 309 g/mol. The molecule has 0 radical (unpaired) electrons. The fourth-order valence-corrected chi connectivity index (χ4v) is 3.88. The average Bonchev–Trinajstić information content (AvgIpc) is 3.16. The second-order valence-electron chi connectivity index (χ2n) is 6.47. The molecule has 2 aliphatic heterocycles. The Hall–Kier alpha value is -2.40. The van der Waals surface area contributed by atoms with Crippen molar-refractivity contribution in [3.8, 4) is 0 Å². The van der Waals surface area contributed by atoms with Crippen molar-refractivity contribution in [1.82, 2.24) is 10.6 Å². The second kappa shape index (κ2) is 5.35. The lowest BCUT2D eigenvalue weighted by atomic mass is 9.95. The first kappa shape index (κ1) is 14.2. The van der Waals surface area contributed by atoms with E-state index in [2.05, 4.69) is 10.6 Å². The summed E-state index contributed by atoms with van der Waals surface area (Å²) in [5.74, 6) is -0.517. The topological polar surface area (TPSA) is 84.2 Å². The third-order valence-corrected chi connectivity index (χ3v) is 5.02. The number of carbonyl (C=O) groups excluding carboxylic acids is 2. The number of nitrogens with one attached hydrogen (secondary N) is 2. The third-order valence-electron chi connectivity index (χ3n) is 5.02. The Morgan fingerprint density at radius 3 is 2.74 bits per heavy atom. The normalized spacial score (nSPS) is 25.7. The first-order valence-electron chi connectivity index (χ1n) is 8.01. The van der Waals surface area contributed by atoms with E-state index in [-0.39, 0.29) is 11.9 Å². The van der Waals surface area contributed by atoms with Crippen molar-refractivity contribution in [1.29, 1.82) is 0 Å². The molecule has 2 bridgehead atoms. The highest BCUT2D eigenvalue weighted by atomic mass is 16.2. The molecule has 0 aromatic heterocycles. The van der Waals surface area contributed by atoms with Gasteiger partial charge in [-0.1, -0.05) is 18.2 Å². The highest BCUT2D eigenvalue weighted by Gasteiger charge is 2.39. The van der Waals surface area contributed by atoms with Crippen LogP contribution in [-0.4, -0.2) is 29.9 Å². The van der Waals surface area contributed by atoms with E-state index >= 15 is 0 Å². The Morgan fingerprint density at radius 1 is 1.17 bits per heavy atom. The number of fused-ring (bicyclic) bond motifs is 3. The maximum atomic E-state index is 12.5. The number of primary amides is 1. The minimum absolute atomic E-state index is 0.0595. The van der Waals surface area contributed by atoms with Crippen LogP contribution in [-0.2, 0) is 0 Å². The first-order chi connectivity index (χ1) is 11.1. The van der Waals surface area contributed by atoms with Crippen molar-refractivity contribution in [2.45, 2.75) is 37.4 Å². The van der Waals surface area contributed by atoms with Crippen LogP contribution in [0, 0.1) is 0 Å². The fraction of sp³-hybridized carbons (Fsp3) is 0.333. The summed E-state index contributed by atoms with van der Waals surface area (Å²) in [6, 6.07) is 11.9. The van der Waals surface area contributed by atoms with Gasteiger partial charge in [-0.05, 0) is 48.2 Å². The summed E-state index contributed by atoms with van der Waals surface area (Å²) in [5, 5.41) is 8.28. The zero-order valence-electron chi connectivity index (χ0n) is 12.7. The zero-order valence-corrected chi connectivity index (χ0v) is 12.7. The zero-order chi connectivity index (χ0) is 16.0. The predicted molar refractivity (Wildman–Crippen MR) is 88.3 cm³/mol. The molecule has 3 unspecified atom stereocenters. The van der Waals surface area contributed by atoms with Crippen molar-refractivity contribution in [3.05, 3.63) is 47.5 Å². The van der Waals surface area contributed by atoms with Crippen molar-refractivity contribution in [2.24, 2.45) is 5.73 Å². The number of benzene rings is 2. The van der Waals surface area contributed by atoms with Gasteiger partial charge in [-0.15, -0.1) is 0 Å². The largest absolute Gasteiger partial charge is 0.366 e. The summed E-state index contributed by atoms with van der Waals surface area (Å²) in [6.45, 7) is 0. The molecule has 4 N–H and O–H groups in total. The number of hydrogen-bond donors (Lipinski definition) is 3. The van der Waals surface area contributed by atoms with Gasteiger partial charge in [-0.25, -0.2) is 0 Å². The van der Waals surface area contributed by atoms with Gasteiger partial charge in [-0.3, -0.25) is 9.59 Å². The van der Waals surface area contributed by atoms with Crippen LogP contribution in [0.2, 0.25) is 0 Å². The van der Waals surface area contributed by atoms with Gasteiger partial charge in [0.2, 0.25) is 5.91 Å². The lowest BCUT2D eigenvalue weighted by molar-refractivity contribution is 0.0930. The van der Waals surface area contributed by atoms with Gasteiger partial charge in [0.25, 0.3) is 5.91 Å². The maximum Gasteiger partial charge on any atom is 0.251 e. The Balaban J connectivity index is 1.59. The SMILES string of the molecule is NC(=O)c1cccc2cc(C(=O)NC3CC4CCC3N4)ccc12. The predicted octanol–water partition coefficient (Wildman–Crippen LogP) is 1.56. The smallest absolute Gasteiger partial charge is 0.251 e.